The smallest absolute Gasteiger partial charge is 0.130 e. The molecule has 0 saturated carbocycles. The molecule has 3 nitrogen and oxygen atoms in total. The van der Waals surface area contributed by atoms with Gasteiger partial charge in [-0.1, -0.05) is 48.9 Å². The molecule has 1 aromatic carbocycles. The molecule has 0 spiro atoms. The molecule has 1 aromatic heterocycles. The fourth-order valence-corrected chi connectivity index (χ4v) is 2.04. The summed E-state index contributed by atoms with van der Waals surface area (Å²) in [6.07, 6.45) is 5.16. The maximum absolute atomic E-state index is 5.81. The van der Waals surface area contributed by atoms with E-state index in [0.717, 1.165) is 25.2 Å². The van der Waals surface area contributed by atoms with E-state index in [0.29, 0.717) is 5.02 Å². The highest BCUT2D eigenvalue weighted by atomic mass is 35.5. The summed E-state index contributed by atoms with van der Waals surface area (Å²) in [6, 6.07) is 10.6. The van der Waals surface area contributed by atoms with Crippen molar-refractivity contribution in [3.63, 3.8) is 0 Å². The van der Waals surface area contributed by atoms with Gasteiger partial charge < -0.3 is 5.32 Å². The van der Waals surface area contributed by atoms with Crippen molar-refractivity contribution in [2.24, 2.45) is 0 Å². The van der Waals surface area contributed by atoms with Gasteiger partial charge in [0, 0.05) is 24.9 Å². The summed E-state index contributed by atoms with van der Waals surface area (Å²) < 4.78 is 0. The maximum atomic E-state index is 5.81. The van der Waals surface area contributed by atoms with Crippen LogP contribution in [0.3, 0.4) is 0 Å². The van der Waals surface area contributed by atoms with Crippen molar-refractivity contribution in [1.29, 1.82) is 0 Å². The van der Waals surface area contributed by atoms with Crippen molar-refractivity contribution < 1.29 is 0 Å². The largest absolute Gasteiger partial charge is 0.310 e. The van der Waals surface area contributed by atoms with Gasteiger partial charge in [0.2, 0.25) is 0 Å². The van der Waals surface area contributed by atoms with E-state index in [1.807, 2.05) is 6.07 Å². The molecule has 1 heterocycles. The predicted octanol–water partition coefficient (Wildman–Crippen LogP) is 3.41. The second-order valence-corrected chi connectivity index (χ2v) is 4.88. The molecule has 1 N–H and O–H groups in total. The normalized spacial score (nSPS) is 12.3. The number of aromatic nitrogens is 2. The number of nitrogens with zero attached hydrogens (tertiary/aromatic N) is 2. The van der Waals surface area contributed by atoms with Gasteiger partial charge in [-0.2, -0.15) is 0 Å². The lowest BCUT2D eigenvalue weighted by Crippen LogP contribution is -2.24. The van der Waals surface area contributed by atoms with Crippen molar-refractivity contribution in [1.82, 2.24) is 15.3 Å². The van der Waals surface area contributed by atoms with Crippen LogP contribution in [0.1, 0.15) is 30.8 Å². The summed E-state index contributed by atoms with van der Waals surface area (Å²) in [4.78, 5) is 8.54. The lowest BCUT2D eigenvalue weighted by molar-refractivity contribution is 0.518. The van der Waals surface area contributed by atoms with Gasteiger partial charge in [0.25, 0.3) is 0 Å². The molecular weight excluding hydrogens is 258 g/mol. The van der Waals surface area contributed by atoms with E-state index < -0.39 is 0 Å². The van der Waals surface area contributed by atoms with Crippen molar-refractivity contribution in [2.45, 2.75) is 25.8 Å². The summed E-state index contributed by atoms with van der Waals surface area (Å²) >= 11 is 5.81. The lowest BCUT2D eigenvalue weighted by atomic mass is 10.0. The van der Waals surface area contributed by atoms with Gasteiger partial charge in [0.05, 0.1) is 5.02 Å². The summed E-state index contributed by atoms with van der Waals surface area (Å²) in [6.45, 7) is 3.14. The Morgan fingerprint density at radius 1 is 1.16 bits per heavy atom. The Kier molecular flexibility index (Phi) is 5.31. The molecule has 0 saturated heterocycles. The van der Waals surface area contributed by atoms with E-state index in [-0.39, 0.29) is 6.04 Å². The third-order valence-corrected chi connectivity index (χ3v) is 3.10. The van der Waals surface area contributed by atoms with Crippen LogP contribution in [0.2, 0.25) is 5.02 Å². The second-order valence-electron chi connectivity index (χ2n) is 4.44. The number of hydrogen-bond acceptors (Lipinski definition) is 3. The van der Waals surface area contributed by atoms with Crippen LogP contribution in [-0.4, -0.2) is 16.5 Å². The van der Waals surface area contributed by atoms with E-state index in [9.17, 15) is 0 Å². The van der Waals surface area contributed by atoms with Crippen molar-refractivity contribution in [3.05, 3.63) is 59.1 Å². The molecule has 4 heteroatoms. The Labute approximate surface area is 119 Å². The first kappa shape index (κ1) is 14.0. The summed E-state index contributed by atoms with van der Waals surface area (Å²) in [7, 11) is 0. The molecule has 0 radical (unpaired) electrons. The van der Waals surface area contributed by atoms with E-state index in [2.05, 4.69) is 46.5 Å². The van der Waals surface area contributed by atoms with Gasteiger partial charge >= 0.3 is 0 Å². The van der Waals surface area contributed by atoms with Crippen molar-refractivity contribution in [3.8, 4) is 0 Å². The Bertz CT molecular complexity index is 485. The van der Waals surface area contributed by atoms with Crippen LogP contribution in [0.4, 0.5) is 0 Å². The monoisotopic (exact) mass is 275 g/mol. The highest BCUT2D eigenvalue weighted by molar-refractivity contribution is 6.30. The van der Waals surface area contributed by atoms with E-state index in [1.165, 1.54) is 5.56 Å². The average Bonchev–Trinajstić information content (AvgIpc) is 2.46. The molecule has 2 rings (SSSR count). The minimum absolute atomic E-state index is 0.238. The van der Waals surface area contributed by atoms with Crippen LogP contribution in [0.25, 0.3) is 0 Å². The predicted molar refractivity (Wildman–Crippen MR) is 78.2 cm³/mol. The first-order valence-corrected chi connectivity index (χ1v) is 6.92. The van der Waals surface area contributed by atoms with Crippen LogP contribution in [0, 0.1) is 0 Å². The quantitative estimate of drug-likeness (QED) is 0.878. The molecule has 0 bridgehead atoms. The van der Waals surface area contributed by atoms with Gasteiger partial charge in [0.1, 0.15) is 5.82 Å². The molecule has 19 heavy (non-hydrogen) atoms. The molecule has 0 aliphatic rings. The average molecular weight is 276 g/mol. The number of benzene rings is 1. The molecule has 0 amide bonds. The number of rotatable bonds is 6. The SMILES string of the molecule is CCCNC(Cc1ncc(Cl)cn1)c1ccccc1. The summed E-state index contributed by atoms with van der Waals surface area (Å²) in [5.74, 6) is 0.807. The maximum Gasteiger partial charge on any atom is 0.130 e. The Hall–Kier alpha value is -1.45. The molecule has 0 fully saturated rings. The van der Waals surface area contributed by atoms with E-state index in [4.69, 9.17) is 11.6 Å². The van der Waals surface area contributed by atoms with Crippen LogP contribution in [0.5, 0.6) is 0 Å². The van der Waals surface area contributed by atoms with Gasteiger partial charge in [-0.05, 0) is 18.5 Å². The van der Waals surface area contributed by atoms with E-state index >= 15 is 0 Å². The number of nitrogens with one attached hydrogen (secondary N) is 1. The second kappa shape index (κ2) is 7.22. The van der Waals surface area contributed by atoms with Crippen LogP contribution >= 0.6 is 11.6 Å². The molecule has 1 atom stereocenters. The van der Waals surface area contributed by atoms with Gasteiger partial charge in [-0.15, -0.1) is 0 Å². The van der Waals surface area contributed by atoms with Crippen LogP contribution in [0.15, 0.2) is 42.7 Å². The fraction of sp³-hybridized carbons (Fsp3) is 0.333. The lowest BCUT2D eigenvalue weighted by Gasteiger charge is -2.18. The highest BCUT2D eigenvalue weighted by Gasteiger charge is 2.12. The third kappa shape index (κ3) is 4.30. The Morgan fingerprint density at radius 3 is 2.47 bits per heavy atom. The minimum Gasteiger partial charge on any atom is -0.310 e. The highest BCUT2D eigenvalue weighted by Crippen LogP contribution is 2.17. The topological polar surface area (TPSA) is 37.8 Å². The van der Waals surface area contributed by atoms with Gasteiger partial charge in [-0.3, -0.25) is 0 Å². The van der Waals surface area contributed by atoms with Gasteiger partial charge in [0.15, 0.2) is 0 Å². The molecule has 2 aromatic rings. The van der Waals surface area contributed by atoms with Crippen LogP contribution in [-0.2, 0) is 6.42 Å². The zero-order valence-corrected chi connectivity index (χ0v) is 11.8. The minimum atomic E-state index is 0.238. The zero-order chi connectivity index (χ0) is 13.5. The zero-order valence-electron chi connectivity index (χ0n) is 11.0. The number of halogens is 1. The molecular formula is C15H18ClN3. The summed E-state index contributed by atoms with van der Waals surface area (Å²) in [5.41, 5.74) is 1.26. The van der Waals surface area contributed by atoms with Crippen molar-refractivity contribution in [2.75, 3.05) is 6.54 Å². The molecule has 0 aliphatic heterocycles. The first-order chi connectivity index (χ1) is 9.29. The standard InChI is InChI=1S/C15H18ClN3/c1-2-8-17-14(12-6-4-3-5-7-12)9-15-18-10-13(16)11-19-15/h3-7,10-11,14,17H,2,8-9H2,1H3. The molecule has 100 valence electrons. The van der Waals surface area contributed by atoms with Gasteiger partial charge in [-0.25, -0.2) is 9.97 Å². The van der Waals surface area contributed by atoms with Crippen molar-refractivity contribution >= 4 is 11.6 Å². The van der Waals surface area contributed by atoms with Crippen LogP contribution < -0.4 is 5.32 Å². The fourth-order valence-electron chi connectivity index (χ4n) is 1.94. The molecule has 0 aliphatic carbocycles. The third-order valence-electron chi connectivity index (χ3n) is 2.90. The Balaban J connectivity index is 2.11. The summed E-state index contributed by atoms with van der Waals surface area (Å²) in [5, 5.41) is 4.11. The molecule has 1 unspecified atom stereocenters. The van der Waals surface area contributed by atoms with E-state index in [1.54, 1.807) is 12.4 Å². The number of hydrogen-bond donors (Lipinski definition) is 1. The first-order valence-electron chi connectivity index (χ1n) is 6.54. The Morgan fingerprint density at radius 2 is 1.84 bits per heavy atom.